The van der Waals surface area contributed by atoms with Crippen molar-refractivity contribution in [3.8, 4) is 0 Å². The lowest BCUT2D eigenvalue weighted by Crippen LogP contribution is -2.36. The standard InChI is InChI=1S/C23H29N5O2.HI/c1-15(2)27-23(29)28-18-11-9-17(10-12-18)13-25-22(24-4)26-14-21-16(3)19-7-5-6-8-20(19)30-21;/h5-12,15H,13-14H2,1-4H3,(H2,24,25,26)(H2,27,28,29);1H. The predicted octanol–water partition coefficient (Wildman–Crippen LogP) is 4.75. The van der Waals surface area contributed by atoms with Crippen molar-refractivity contribution >= 4 is 52.6 Å². The minimum absolute atomic E-state index is 0. The van der Waals surface area contributed by atoms with Gasteiger partial charge in [-0.25, -0.2) is 4.79 Å². The Morgan fingerprint density at radius 3 is 2.35 bits per heavy atom. The topological polar surface area (TPSA) is 90.7 Å². The summed E-state index contributed by atoms with van der Waals surface area (Å²) in [5.41, 5.74) is 3.86. The fourth-order valence-electron chi connectivity index (χ4n) is 3.10. The Kier molecular flexibility index (Phi) is 9.17. The van der Waals surface area contributed by atoms with Gasteiger partial charge in [0.05, 0.1) is 6.54 Å². The van der Waals surface area contributed by atoms with Crippen molar-refractivity contribution in [2.75, 3.05) is 12.4 Å². The zero-order valence-corrected chi connectivity index (χ0v) is 20.6. The van der Waals surface area contributed by atoms with E-state index in [9.17, 15) is 4.79 Å². The fourth-order valence-corrected chi connectivity index (χ4v) is 3.10. The molecule has 0 unspecified atom stereocenters. The number of urea groups is 1. The molecule has 0 saturated heterocycles. The Labute approximate surface area is 200 Å². The third kappa shape index (κ3) is 6.88. The van der Waals surface area contributed by atoms with Crippen molar-refractivity contribution in [1.29, 1.82) is 0 Å². The minimum Gasteiger partial charge on any atom is -0.459 e. The van der Waals surface area contributed by atoms with E-state index in [4.69, 9.17) is 4.42 Å². The van der Waals surface area contributed by atoms with Crippen molar-refractivity contribution in [2.45, 2.75) is 39.9 Å². The number of hydrogen-bond donors (Lipinski definition) is 4. The Hall–Kier alpha value is -2.75. The molecule has 0 radical (unpaired) electrons. The van der Waals surface area contributed by atoms with Crippen LogP contribution in [-0.4, -0.2) is 25.1 Å². The lowest BCUT2D eigenvalue weighted by molar-refractivity contribution is 0.250. The molecule has 0 saturated carbocycles. The van der Waals surface area contributed by atoms with Gasteiger partial charge in [-0.2, -0.15) is 0 Å². The average molecular weight is 535 g/mol. The molecule has 7 nitrogen and oxygen atoms in total. The highest BCUT2D eigenvalue weighted by Crippen LogP contribution is 2.24. The number of rotatable bonds is 6. The number of aliphatic imine (C=N–C) groups is 1. The van der Waals surface area contributed by atoms with Gasteiger partial charge in [0.25, 0.3) is 0 Å². The molecule has 166 valence electrons. The lowest BCUT2D eigenvalue weighted by atomic mass is 10.1. The number of fused-ring (bicyclic) bond motifs is 1. The third-order valence-electron chi connectivity index (χ3n) is 4.67. The summed E-state index contributed by atoms with van der Waals surface area (Å²) in [6.07, 6.45) is 0. The van der Waals surface area contributed by atoms with E-state index < -0.39 is 0 Å². The number of para-hydroxylation sites is 1. The molecule has 4 N–H and O–H groups in total. The summed E-state index contributed by atoms with van der Waals surface area (Å²) in [5, 5.41) is 13.3. The molecule has 0 aliphatic rings. The number of aryl methyl sites for hydroxylation is 1. The third-order valence-corrected chi connectivity index (χ3v) is 4.67. The SMILES string of the molecule is CN=C(NCc1ccc(NC(=O)NC(C)C)cc1)NCc1oc2ccccc2c1C.I. The number of hydrogen-bond acceptors (Lipinski definition) is 3. The van der Waals surface area contributed by atoms with Crippen molar-refractivity contribution in [3.63, 3.8) is 0 Å². The maximum absolute atomic E-state index is 11.8. The summed E-state index contributed by atoms with van der Waals surface area (Å²) in [7, 11) is 1.74. The Morgan fingerprint density at radius 2 is 1.71 bits per heavy atom. The number of anilines is 1. The Bertz CT molecular complexity index is 1030. The molecule has 3 aromatic rings. The summed E-state index contributed by atoms with van der Waals surface area (Å²) in [6.45, 7) is 7.07. The zero-order chi connectivity index (χ0) is 21.5. The van der Waals surface area contributed by atoms with E-state index in [1.807, 2.05) is 56.3 Å². The monoisotopic (exact) mass is 535 g/mol. The van der Waals surface area contributed by atoms with Crippen molar-refractivity contribution in [3.05, 3.63) is 65.4 Å². The largest absolute Gasteiger partial charge is 0.459 e. The van der Waals surface area contributed by atoms with Gasteiger partial charge < -0.3 is 25.7 Å². The highest BCUT2D eigenvalue weighted by atomic mass is 127. The number of furan rings is 1. The highest BCUT2D eigenvalue weighted by molar-refractivity contribution is 14.0. The molecule has 2 aromatic carbocycles. The summed E-state index contributed by atoms with van der Waals surface area (Å²) in [5.74, 6) is 1.59. The molecule has 0 aliphatic heterocycles. The summed E-state index contributed by atoms with van der Waals surface area (Å²) < 4.78 is 5.94. The van der Waals surface area contributed by atoms with E-state index >= 15 is 0 Å². The number of nitrogens with zero attached hydrogens (tertiary/aromatic N) is 1. The van der Waals surface area contributed by atoms with Gasteiger partial charge in [-0.1, -0.05) is 30.3 Å². The summed E-state index contributed by atoms with van der Waals surface area (Å²) >= 11 is 0. The van der Waals surface area contributed by atoms with Crippen molar-refractivity contribution in [2.24, 2.45) is 4.99 Å². The van der Waals surface area contributed by atoms with Gasteiger partial charge in [-0.3, -0.25) is 4.99 Å². The molecule has 1 aromatic heterocycles. The molecule has 0 spiro atoms. The van der Waals surface area contributed by atoms with Crippen molar-refractivity contribution < 1.29 is 9.21 Å². The van der Waals surface area contributed by atoms with Crippen LogP contribution in [0, 0.1) is 6.92 Å². The van der Waals surface area contributed by atoms with Crippen LogP contribution in [0.4, 0.5) is 10.5 Å². The molecule has 3 rings (SSSR count). The highest BCUT2D eigenvalue weighted by Gasteiger charge is 2.10. The first-order valence-electron chi connectivity index (χ1n) is 10.0. The van der Waals surface area contributed by atoms with Gasteiger partial charge in [0, 0.05) is 36.3 Å². The van der Waals surface area contributed by atoms with Crippen LogP contribution in [0.3, 0.4) is 0 Å². The molecular formula is C23H30IN5O2. The van der Waals surface area contributed by atoms with Gasteiger partial charge in [0.2, 0.25) is 0 Å². The minimum atomic E-state index is -0.207. The molecule has 2 amide bonds. The quantitative estimate of drug-likeness (QED) is 0.208. The number of carbonyl (C=O) groups excluding carboxylic acids is 1. The van der Waals surface area contributed by atoms with Gasteiger partial charge >= 0.3 is 6.03 Å². The molecule has 0 aliphatic carbocycles. The second kappa shape index (κ2) is 11.6. The first-order valence-corrected chi connectivity index (χ1v) is 10.0. The van der Waals surface area contributed by atoms with E-state index in [2.05, 4.69) is 39.2 Å². The second-order valence-electron chi connectivity index (χ2n) is 7.38. The number of guanidine groups is 1. The summed E-state index contributed by atoms with van der Waals surface area (Å²) in [4.78, 5) is 16.0. The second-order valence-corrected chi connectivity index (χ2v) is 7.38. The van der Waals surface area contributed by atoms with Crippen LogP contribution >= 0.6 is 24.0 Å². The van der Waals surface area contributed by atoms with E-state index in [1.165, 1.54) is 0 Å². The normalized spacial score (nSPS) is 11.2. The van der Waals surface area contributed by atoms with Crippen LogP contribution < -0.4 is 21.3 Å². The molecule has 1 heterocycles. The van der Waals surface area contributed by atoms with Crippen molar-refractivity contribution in [1.82, 2.24) is 16.0 Å². The van der Waals surface area contributed by atoms with Crippen LogP contribution in [-0.2, 0) is 13.1 Å². The Morgan fingerprint density at radius 1 is 1.03 bits per heavy atom. The van der Waals surface area contributed by atoms with E-state index in [0.29, 0.717) is 19.0 Å². The number of halogens is 1. The average Bonchev–Trinajstić information content (AvgIpc) is 3.04. The van der Waals surface area contributed by atoms with Crippen LogP contribution in [0.2, 0.25) is 0 Å². The lowest BCUT2D eigenvalue weighted by Gasteiger charge is -2.12. The van der Waals surface area contributed by atoms with Crippen LogP contribution in [0.5, 0.6) is 0 Å². The predicted molar refractivity (Wildman–Crippen MR) is 137 cm³/mol. The maximum Gasteiger partial charge on any atom is 0.319 e. The Balaban J connectivity index is 0.00000341. The van der Waals surface area contributed by atoms with E-state index in [0.717, 1.165) is 33.5 Å². The smallest absolute Gasteiger partial charge is 0.319 e. The number of nitrogens with one attached hydrogen (secondary N) is 4. The first kappa shape index (κ1) is 24.5. The van der Waals surface area contributed by atoms with Gasteiger partial charge in [0.15, 0.2) is 5.96 Å². The van der Waals surface area contributed by atoms with E-state index in [1.54, 1.807) is 7.05 Å². The first-order chi connectivity index (χ1) is 14.5. The molecule has 0 atom stereocenters. The van der Waals surface area contributed by atoms with E-state index in [-0.39, 0.29) is 36.0 Å². The van der Waals surface area contributed by atoms with Crippen LogP contribution in [0.25, 0.3) is 11.0 Å². The molecule has 0 bridgehead atoms. The van der Waals surface area contributed by atoms with Crippen LogP contribution in [0.15, 0.2) is 57.9 Å². The molecule has 31 heavy (non-hydrogen) atoms. The van der Waals surface area contributed by atoms with Gasteiger partial charge in [-0.15, -0.1) is 24.0 Å². The maximum atomic E-state index is 11.8. The number of benzene rings is 2. The van der Waals surface area contributed by atoms with Crippen LogP contribution in [0.1, 0.15) is 30.7 Å². The number of carbonyl (C=O) groups is 1. The number of amides is 2. The molecule has 8 heteroatoms. The molecule has 0 fully saturated rings. The van der Waals surface area contributed by atoms with Gasteiger partial charge in [0.1, 0.15) is 11.3 Å². The fraction of sp³-hybridized carbons (Fsp3) is 0.304. The molecular weight excluding hydrogens is 505 g/mol. The summed E-state index contributed by atoms with van der Waals surface area (Å²) in [6, 6.07) is 15.6. The zero-order valence-electron chi connectivity index (χ0n) is 18.3. The van der Waals surface area contributed by atoms with Gasteiger partial charge in [-0.05, 0) is 44.5 Å².